The van der Waals surface area contributed by atoms with Crippen molar-refractivity contribution < 1.29 is 39.7 Å². The summed E-state index contributed by atoms with van der Waals surface area (Å²) in [6.07, 6.45) is -9.10. The van der Waals surface area contributed by atoms with Gasteiger partial charge in [-0.3, -0.25) is 4.79 Å². The maximum absolute atomic E-state index is 13.9. The van der Waals surface area contributed by atoms with Gasteiger partial charge in [-0.15, -0.1) is 0 Å². The summed E-state index contributed by atoms with van der Waals surface area (Å²) in [5.41, 5.74) is -1.96. The summed E-state index contributed by atoms with van der Waals surface area (Å²) in [6, 6.07) is 4.31. The molecule has 5 nitrogen and oxygen atoms in total. The van der Waals surface area contributed by atoms with Crippen LogP contribution in [0.15, 0.2) is 35.2 Å². The first-order chi connectivity index (χ1) is 16.0. The Bertz CT molecular complexity index is 1240. The average molecular weight is 546 g/mol. The maximum atomic E-state index is 13.9. The Morgan fingerprint density at radius 3 is 2.23 bits per heavy atom. The van der Waals surface area contributed by atoms with Gasteiger partial charge in [0.15, 0.2) is 0 Å². The predicted octanol–water partition coefficient (Wildman–Crippen LogP) is 6.56. The zero-order valence-corrected chi connectivity index (χ0v) is 19.6. The van der Waals surface area contributed by atoms with E-state index in [9.17, 15) is 39.7 Å². The number of carbonyl (C=O) groups excluding carboxylic acids is 1. The topological polar surface area (TPSA) is 73.3 Å². The van der Waals surface area contributed by atoms with Crippen molar-refractivity contribution in [2.75, 3.05) is 29.6 Å². The number of benzene rings is 2. The Labute approximate surface area is 201 Å². The molecule has 0 aromatic heterocycles. The highest BCUT2D eigenvalue weighted by Gasteiger charge is 2.42. The van der Waals surface area contributed by atoms with E-state index in [4.69, 9.17) is 16.4 Å². The Hall–Kier alpha value is -2.54. The molecule has 192 valence electrons. The monoisotopic (exact) mass is 545 g/mol. The lowest BCUT2D eigenvalue weighted by molar-refractivity contribution is -0.179. The predicted molar refractivity (Wildman–Crippen MR) is 117 cm³/mol. The van der Waals surface area contributed by atoms with Crippen LogP contribution >= 0.6 is 11.6 Å². The Morgan fingerprint density at radius 1 is 1.11 bits per heavy atom. The lowest BCUT2D eigenvalue weighted by Gasteiger charge is -2.35. The minimum Gasteiger partial charge on any atom is -0.371 e. The van der Waals surface area contributed by atoms with Crippen molar-refractivity contribution in [3.05, 3.63) is 52.3 Å². The molecule has 14 heteroatoms. The second-order valence-corrected chi connectivity index (χ2v) is 10.6. The van der Waals surface area contributed by atoms with E-state index in [1.165, 1.54) is 4.90 Å². The van der Waals surface area contributed by atoms with Gasteiger partial charge in [0.2, 0.25) is 0 Å². The third-order valence-electron chi connectivity index (χ3n) is 5.54. The van der Waals surface area contributed by atoms with Gasteiger partial charge in [-0.2, -0.15) is 26.3 Å². The van der Waals surface area contributed by atoms with Gasteiger partial charge in [-0.1, -0.05) is 11.6 Å². The largest absolute Gasteiger partial charge is 0.417 e. The average Bonchev–Trinajstić information content (AvgIpc) is 2.72. The van der Waals surface area contributed by atoms with Crippen molar-refractivity contribution >= 4 is 38.6 Å². The molecule has 1 fully saturated rings. The highest BCUT2D eigenvalue weighted by atomic mass is 35.5. The molecule has 0 saturated carbocycles. The zero-order valence-electron chi connectivity index (χ0n) is 18.0. The van der Waals surface area contributed by atoms with E-state index in [0.717, 1.165) is 30.5 Å². The van der Waals surface area contributed by atoms with Crippen LogP contribution in [0.2, 0.25) is 5.02 Å². The summed E-state index contributed by atoms with van der Waals surface area (Å²) in [5, 5.41) is 1.54. The van der Waals surface area contributed by atoms with Crippen LogP contribution in [-0.2, 0) is 15.9 Å². The summed E-state index contributed by atoms with van der Waals surface area (Å²) < 4.78 is 113. The van der Waals surface area contributed by atoms with E-state index >= 15 is 0 Å². The molecule has 0 radical (unpaired) electrons. The number of nitrogens with zero attached hydrogens (tertiary/aromatic N) is 1. The van der Waals surface area contributed by atoms with Crippen molar-refractivity contribution in [2.45, 2.75) is 30.1 Å². The molecule has 1 saturated heterocycles. The summed E-state index contributed by atoms with van der Waals surface area (Å²) in [7, 11) is -3.50. The molecule has 1 heterocycles. The molecule has 1 aliphatic heterocycles. The Kier molecular flexibility index (Phi) is 7.34. The van der Waals surface area contributed by atoms with Crippen LogP contribution in [0.5, 0.6) is 0 Å². The zero-order chi connectivity index (χ0) is 26.3. The third-order valence-corrected chi connectivity index (χ3v) is 7.01. The molecular formula is C21H19ClF7N3O2S. The molecule has 2 N–H and O–H groups in total. The van der Waals surface area contributed by atoms with E-state index in [1.807, 2.05) is 0 Å². The molecule has 1 atom stereocenters. The first kappa shape index (κ1) is 27.1. The van der Waals surface area contributed by atoms with E-state index in [-0.39, 0.29) is 42.9 Å². The Morgan fingerprint density at radius 2 is 1.71 bits per heavy atom. The highest BCUT2D eigenvalue weighted by Crippen LogP contribution is 2.41. The van der Waals surface area contributed by atoms with Crippen LogP contribution in [0, 0.1) is 16.5 Å². The van der Waals surface area contributed by atoms with Crippen LogP contribution in [0.1, 0.15) is 28.8 Å². The second kappa shape index (κ2) is 9.49. The number of anilines is 2. The van der Waals surface area contributed by atoms with Crippen molar-refractivity contribution in [1.29, 1.82) is 4.78 Å². The number of piperidine rings is 1. The molecule has 1 amide bonds. The quantitative estimate of drug-likeness (QED) is 0.427. The molecule has 2 aromatic carbocycles. The number of carbonyl (C=O) groups is 1. The standard InChI is InChI=1S/C21H19ClF7N3O2S/c1-35(30,34)18-8-12(2-3-16(18)23)31-19(33)13-9-15(22)14(21(27,28)29)10-17(13)32-6-4-11(5-7-32)20(24,25)26/h2-3,8-11,30H,4-7H2,1H3,(H,31,33)/t35-/m0/s1. The summed E-state index contributed by atoms with van der Waals surface area (Å²) >= 11 is 5.78. The molecule has 0 aliphatic carbocycles. The highest BCUT2D eigenvalue weighted by molar-refractivity contribution is 7.91. The fraction of sp³-hybridized carbons (Fsp3) is 0.381. The summed E-state index contributed by atoms with van der Waals surface area (Å²) in [4.78, 5) is 13.8. The molecule has 1 aliphatic rings. The van der Waals surface area contributed by atoms with Crippen molar-refractivity contribution in [2.24, 2.45) is 5.92 Å². The van der Waals surface area contributed by atoms with E-state index < -0.39 is 55.2 Å². The number of hydrogen-bond acceptors (Lipinski definition) is 4. The van der Waals surface area contributed by atoms with Gasteiger partial charge < -0.3 is 10.2 Å². The second-order valence-electron chi connectivity index (χ2n) is 8.09. The van der Waals surface area contributed by atoms with Gasteiger partial charge in [0, 0.05) is 25.0 Å². The molecule has 2 aromatic rings. The van der Waals surface area contributed by atoms with Crippen LogP contribution in [0.25, 0.3) is 0 Å². The van der Waals surface area contributed by atoms with Gasteiger partial charge in [-0.05, 0) is 43.2 Å². The molecule has 0 bridgehead atoms. The third kappa shape index (κ3) is 6.18. The van der Waals surface area contributed by atoms with E-state index in [0.29, 0.717) is 6.07 Å². The van der Waals surface area contributed by atoms with Crippen LogP contribution in [-0.4, -0.2) is 35.6 Å². The first-order valence-corrected chi connectivity index (χ1v) is 12.4. The van der Waals surface area contributed by atoms with Gasteiger partial charge in [0.05, 0.1) is 42.4 Å². The molecule has 0 unspecified atom stereocenters. The van der Waals surface area contributed by atoms with Gasteiger partial charge >= 0.3 is 12.4 Å². The fourth-order valence-electron chi connectivity index (χ4n) is 3.75. The van der Waals surface area contributed by atoms with Gasteiger partial charge in [0.25, 0.3) is 5.91 Å². The summed E-state index contributed by atoms with van der Waals surface area (Å²) in [5.74, 6) is -3.54. The number of amides is 1. The molecular weight excluding hydrogens is 527 g/mol. The SMILES string of the molecule is C[S@](=N)(=O)c1cc(NC(=O)c2cc(Cl)c(C(F)(F)F)cc2N2CCC(C(F)(F)F)CC2)ccc1F. The molecule has 35 heavy (non-hydrogen) atoms. The minimum absolute atomic E-state index is 0.0917. The van der Waals surface area contributed by atoms with E-state index in [1.54, 1.807) is 0 Å². The number of hydrogen-bond donors (Lipinski definition) is 2. The fourth-order valence-corrected chi connectivity index (χ4v) is 4.81. The van der Waals surface area contributed by atoms with Crippen LogP contribution < -0.4 is 10.2 Å². The lowest BCUT2D eigenvalue weighted by Crippen LogP contribution is -2.40. The van der Waals surface area contributed by atoms with Crippen molar-refractivity contribution in [3.63, 3.8) is 0 Å². The maximum Gasteiger partial charge on any atom is 0.417 e. The van der Waals surface area contributed by atoms with Crippen LogP contribution in [0.3, 0.4) is 0 Å². The molecule has 0 spiro atoms. The van der Waals surface area contributed by atoms with Crippen molar-refractivity contribution in [3.8, 4) is 0 Å². The first-order valence-electron chi connectivity index (χ1n) is 10.1. The minimum atomic E-state index is -4.88. The number of halogens is 8. The number of rotatable bonds is 4. The van der Waals surface area contributed by atoms with E-state index in [2.05, 4.69) is 5.32 Å². The number of nitrogens with one attached hydrogen (secondary N) is 2. The van der Waals surface area contributed by atoms with Crippen molar-refractivity contribution in [1.82, 2.24) is 0 Å². The van der Waals surface area contributed by atoms with Gasteiger partial charge in [0.1, 0.15) is 5.82 Å². The smallest absolute Gasteiger partial charge is 0.371 e. The molecule has 3 rings (SSSR count). The summed E-state index contributed by atoms with van der Waals surface area (Å²) in [6.45, 7) is -0.498. The lowest BCUT2D eigenvalue weighted by atomic mass is 9.95. The normalized spacial score (nSPS) is 17.2. The Balaban J connectivity index is 2.00. The van der Waals surface area contributed by atoms with Crippen LogP contribution in [0.4, 0.5) is 42.1 Å². The van der Waals surface area contributed by atoms with Gasteiger partial charge in [-0.25, -0.2) is 13.4 Å². The number of alkyl halides is 6.